The zero-order valence-corrected chi connectivity index (χ0v) is 15.1. The molecule has 1 aromatic heterocycles. The summed E-state index contributed by atoms with van der Waals surface area (Å²) in [4.78, 5) is 14.5. The third kappa shape index (κ3) is 4.51. The summed E-state index contributed by atoms with van der Waals surface area (Å²) in [6, 6.07) is 18.6. The van der Waals surface area contributed by atoms with E-state index in [4.69, 9.17) is 4.74 Å². The summed E-state index contributed by atoms with van der Waals surface area (Å²) in [6.45, 7) is 0. The van der Waals surface area contributed by atoms with Crippen molar-refractivity contribution in [3.05, 3.63) is 87.8 Å². The third-order valence-corrected chi connectivity index (χ3v) is 3.87. The molecule has 0 spiro atoms. The first kappa shape index (κ1) is 18.6. The van der Waals surface area contributed by atoms with Gasteiger partial charge >= 0.3 is 0 Å². The lowest BCUT2D eigenvalue weighted by Gasteiger charge is -2.10. The first-order valence-electron chi connectivity index (χ1n) is 8.39. The highest BCUT2D eigenvalue weighted by molar-refractivity contribution is 5.91. The van der Waals surface area contributed by atoms with Crippen molar-refractivity contribution < 1.29 is 4.74 Å². The molecule has 0 unspecified atom stereocenters. The zero-order chi connectivity index (χ0) is 19.8. The van der Waals surface area contributed by atoms with Crippen LogP contribution in [-0.2, 0) is 0 Å². The number of nitriles is 1. The van der Waals surface area contributed by atoms with E-state index in [0.717, 1.165) is 17.0 Å². The lowest BCUT2D eigenvalue weighted by Crippen LogP contribution is -2.14. The van der Waals surface area contributed by atoms with Crippen molar-refractivity contribution in [3.8, 4) is 11.8 Å². The number of pyridine rings is 1. The predicted molar refractivity (Wildman–Crippen MR) is 110 cm³/mol. The van der Waals surface area contributed by atoms with E-state index < -0.39 is 5.56 Å². The predicted octanol–water partition coefficient (Wildman–Crippen LogP) is 3.45. The zero-order valence-electron chi connectivity index (χ0n) is 15.1. The number of rotatable bonds is 6. The summed E-state index contributed by atoms with van der Waals surface area (Å²) in [5.74, 6) is 0.759. The molecule has 2 N–H and O–H groups in total. The molecule has 0 bridgehead atoms. The molecular weight excluding hydrogens is 354 g/mol. The van der Waals surface area contributed by atoms with Crippen LogP contribution < -0.4 is 15.6 Å². The summed E-state index contributed by atoms with van der Waals surface area (Å²) in [5.41, 5.74) is 2.03. The van der Waals surface area contributed by atoms with E-state index in [0.29, 0.717) is 11.3 Å². The third-order valence-electron chi connectivity index (χ3n) is 3.87. The van der Waals surface area contributed by atoms with E-state index in [1.807, 2.05) is 60.7 Å². The molecule has 0 aliphatic heterocycles. The lowest BCUT2D eigenvalue weighted by molar-refractivity contribution is 0.415. The Balaban J connectivity index is 1.86. The first-order chi connectivity index (χ1) is 13.7. The number of anilines is 2. The Morgan fingerprint density at radius 2 is 1.79 bits per heavy atom. The molecule has 7 nitrogen and oxygen atoms in total. The van der Waals surface area contributed by atoms with E-state index in [9.17, 15) is 10.1 Å². The van der Waals surface area contributed by atoms with E-state index in [1.54, 1.807) is 13.3 Å². The van der Waals surface area contributed by atoms with Gasteiger partial charge in [-0.2, -0.15) is 15.5 Å². The minimum atomic E-state index is -0.472. The Morgan fingerprint density at radius 3 is 2.46 bits per heavy atom. The average molecular weight is 371 g/mol. The van der Waals surface area contributed by atoms with Gasteiger partial charge in [0, 0.05) is 17.4 Å². The highest BCUT2D eigenvalue weighted by Crippen LogP contribution is 2.21. The van der Waals surface area contributed by atoms with Gasteiger partial charge in [0.25, 0.3) is 5.56 Å². The number of aromatic amines is 1. The van der Waals surface area contributed by atoms with Crippen molar-refractivity contribution in [3.63, 3.8) is 0 Å². The molecule has 0 aliphatic carbocycles. The van der Waals surface area contributed by atoms with Crippen LogP contribution in [0, 0.1) is 11.3 Å². The molecule has 138 valence electrons. The van der Waals surface area contributed by atoms with Gasteiger partial charge in [-0.3, -0.25) is 4.79 Å². The number of para-hydroxylation sites is 1. The Hall–Kier alpha value is -4.18. The van der Waals surface area contributed by atoms with E-state index in [1.165, 1.54) is 12.4 Å². The molecule has 7 heteroatoms. The van der Waals surface area contributed by atoms with Gasteiger partial charge < -0.3 is 15.0 Å². The van der Waals surface area contributed by atoms with E-state index in [2.05, 4.69) is 20.5 Å². The van der Waals surface area contributed by atoms with Gasteiger partial charge in [0.05, 0.1) is 25.2 Å². The van der Waals surface area contributed by atoms with E-state index >= 15 is 0 Å². The van der Waals surface area contributed by atoms with Gasteiger partial charge in [-0.25, -0.2) is 0 Å². The van der Waals surface area contributed by atoms with Crippen molar-refractivity contribution in [2.45, 2.75) is 0 Å². The summed E-state index contributed by atoms with van der Waals surface area (Å²) >= 11 is 0. The fourth-order valence-electron chi connectivity index (χ4n) is 2.44. The molecule has 0 aliphatic rings. The van der Waals surface area contributed by atoms with Crippen LogP contribution in [0.2, 0.25) is 0 Å². The van der Waals surface area contributed by atoms with Gasteiger partial charge in [-0.05, 0) is 42.0 Å². The molecule has 0 amide bonds. The SMILES string of the molecule is COc1ccc(C=NN=Cc2c[nH]c(=O)c(C#N)c2Nc2ccccc2)cc1. The number of nitrogens with zero attached hydrogens (tertiary/aromatic N) is 3. The number of methoxy groups -OCH3 is 1. The van der Waals surface area contributed by atoms with Crippen LogP contribution in [0.25, 0.3) is 0 Å². The number of hydrogen-bond acceptors (Lipinski definition) is 6. The standard InChI is InChI=1S/C21H17N5O2/c1-28-18-9-7-15(8-10-18)12-24-25-14-16-13-23-21(27)19(11-22)20(16)26-17-5-3-2-4-6-17/h2-10,12-14H,1H3,(H2,23,26,27). The maximum Gasteiger partial charge on any atom is 0.268 e. The molecule has 3 rings (SSSR count). The largest absolute Gasteiger partial charge is 0.497 e. The van der Waals surface area contributed by atoms with Crippen molar-refractivity contribution in [2.24, 2.45) is 10.2 Å². The Bertz CT molecular complexity index is 1090. The Morgan fingerprint density at radius 1 is 1.07 bits per heavy atom. The van der Waals surface area contributed by atoms with Gasteiger partial charge in [0.15, 0.2) is 0 Å². The van der Waals surface area contributed by atoms with Crippen LogP contribution in [0.1, 0.15) is 16.7 Å². The van der Waals surface area contributed by atoms with Crippen LogP contribution in [0.4, 0.5) is 11.4 Å². The summed E-state index contributed by atoms with van der Waals surface area (Å²) in [6.07, 6.45) is 4.56. The van der Waals surface area contributed by atoms with Crippen molar-refractivity contribution in [2.75, 3.05) is 12.4 Å². The Labute approximate surface area is 161 Å². The minimum Gasteiger partial charge on any atom is -0.497 e. The highest BCUT2D eigenvalue weighted by Gasteiger charge is 2.11. The fraction of sp³-hybridized carbons (Fsp3) is 0.0476. The molecule has 0 saturated heterocycles. The topological polar surface area (TPSA) is 103 Å². The number of hydrogen-bond donors (Lipinski definition) is 2. The minimum absolute atomic E-state index is 0.0214. The van der Waals surface area contributed by atoms with Crippen LogP contribution >= 0.6 is 0 Å². The molecule has 0 radical (unpaired) electrons. The van der Waals surface area contributed by atoms with Gasteiger partial charge in [0.2, 0.25) is 0 Å². The first-order valence-corrected chi connectivity index (χ1v) is 8.39. The molecular formula is C21H17N5O2. The number of aromatic nitrogens is 1. The summed E-state index contributed by atoms with van der Waals surface area (Å²) < 4.78 is 5.11. The van der Waals surface area contributed by atoms with Crippen LogP contribution in [0.5, 0.6) is 5.75 Å². The van der Waals surface area contributed by atoms with Crippen molar-refractivity contribution >= 4 is 23.8 Å². The van der Waals surface area contributed by atoms with Crippen molar-refractivity contribution in [1.29, 1.82) is 5.26 Å². The number of ether oxygens (including phenoxy) is 1. The quantitative estimate of drug-likeness (QED) is 0.512. The summed E-state index contributed by atoms with van der Waals surface area (Å²) in [5, 5.41) is 20.5. The number of H-pyrrole nitrogens is 1. The van der Waals surface area contributed by atoms with E-state index in [-0.39, 0.29) is 5.56 Å². The number of benzene rings is 2. The molecule has 3 aromatic rings. The second kappa shape index (κ2) is 8.96. The van der Waals surface area contributed by atoms with Gasteiger partial charge in [0.1, 0.15) is 17.4 Å². The molecule has 1 heterocycles. The van der Waals surface area contributed by atoms with Gasteiger partial charge in [-0.15, -0.1) is 0 Å². The van der Waals surface area contributed by atoms with Crippen LogP contribution in [0.15, 0.2) is 75.8 Å². The maximum absolute atomic E-state index is 12.0. The molecule has 28 heavy (non-hydrogen) atoms. The summed E-state index contributed by atoms with van der Waals surface area (Å²) in [7, 11) is 1.61. The molecule has 0 atom stereocenters. The molecule has 0 fully saturated rings. The lowest BCUT2D eigenvalue weighted by atomic mass is 10.1. The van der Waals surface area contributed by atoms with Crippen LogP contribution in [0.3, 0.4) is 0 Å². The smallest absolute Gasteiger partial charge is 0.268 e. The second-order valence-corrected chi connectivity index (χ2v) is 5.69. The average Bonchev–Trinajstić information content (AvgIpc) is 2.74. The molecule has 0 saturated carbocycles. The number of nitrogens with one attached hydrogen (secondary N) is 2. The Kier molecular flexibility index (Phi) is 5.95. The highest BCUT2D eigenvalue weighted by atomic mass is 16.5. The maximum atomic E-state index is 12.0. The van der Waals surface area contributed by atoms with Crippen LogP contribution in [-0.4, -0.2) is 24.5 Å². The fourth-order valence-corrected chi connectivity index (χ4v) is 2.44. The van der Waals surface area contributed by atoms with Gasteiger partial charge in [-0.1, -0.05) is 18.2 Å². The second-order valence-electron chi connectivity index (χ2n) is 5.69. The normalized spacial score (nSPS) is 10.9. The molecule has 2 aromatic carbocycles. The van der Waals surface area contributed by atoms with Crippen molar-refractivity contribution in [1.82, 2.24) is 4.98 Å². The monoisotopic (exact) mass is 371 g/mol.